The van der Waals surface area contributed by atoms with E-state index in [4.69, 9.17) is 0 Å². The van der Waals surface area contributed by atoms with Crippen LogP contribution in [-0.4, -0.2) is 11.7 Å². The molecule has 1 aromatic carbocycles. The Kier molecular flexibility index (Phi) is 4.06. The highest BCUT2D eigenvalue weighted by Gasteiger charge is 2.06. The second-order valence-electron chi connectivity index (χ2n) is 2.91. The Balaban J connectivity index is 2.65. The van der Waals surface area contributed by atoms with Crippen molar-refractivity contribution in [2.75, 3.05) is 5.32 Å². The molecule has 0 atom stereocenters. The van der Waals surface area contributed by atoms with E-state index >= 15 is 0 Å². The van der Waals surface area contributed by atoms with Gasteiger partial charge in [-0.1, -0.05) is 12.1 Å². The van der Waals surface area contributed by atoms with Gasteiger partial charge in [-0.05, 0) is 41.6 Å². The number of anilines is 1. The van der Waals surface area contributed by atoms with Crippen molar-refractivity contribution in [1.29, 1.82) is 0 Å². The molecule has 1 N–H and O–H groups in total. The molecule has 0 saturated heterocycles. The van der Waals surface area contributed by atoms with Gasteiger partial charge in [0.15, 0.2) is 0 Å². The van der Waals surface area contributed by atoms with Crippen LogP contribution >= 0.6 is 22.6 Å². The molecule has 0 aliphatic carbocycles. The largest absolute Gasteiger partial charge is 0.325 e. The van der Waals surface area contributed by atoms with Gasteiger partial charge in [0.2, 0.25) is 5.91 Å². The Bertz CT molecular complexity index is 363. The molecule has 0 heterocycles. The zero-order valence-electron chi connectivity index (χ0n) is 7.71. The molecule has 0 aliphatic rings. The number of benzene rings is 1. The number of halogens is 1. The SMILES string of the molecule is CC(=O)CC(=O)Nc1ccccc1I. The Morgan fingerprint density at radius 2 is 2.00 bits per heavy atom. The number of para-hydroxylation sites is 1. The van der Waals surface area contributed by atoms with E-state index in [0.29, 0.717) is 0 Å². The molecule has 3 nitrogen and oxygen atoms in total. The smallest absolute Gasteiger partial charge is 0.231 e. The highest BCUT2D eigenvalue weighted by molar-refractivity contribution is 14.1. The van der Waals surface area contributed by atoms with Gasteiger partial charge in [0.25, 0.3) is 0 Å². The lowest BCUT2D eigenvalue weighted by atomic mass is 10.2. The fraction of sp³-hybridized carbons (Fsp3) is 0.200. The summed E-state index contributed by atoms with van der Waals surface area (Å²) in [4.78, 5) is 21.9. The van der Waals surface area contributed by atoms with Crippen LogP contribution in [0.25, 0.3) is 0 Å². The fourth-order valence-electron chi connectivity index (χ4n) is 0.983. The van der Waals surface area contributed by atoms with Crippen LogP contribution in [0.3, 0.4) is 0 Å². The zero-order valence-corrected chi connectivity index (χ0v) is 9.87. The molecular formula is C10H10INO2. The van der Waals surface area contributed by atoms with Gasteiger partial charge < -0.3 is 5.32 Å². The summed E-state index contributed by atoms with van der Waals surface area (Å²) >= 11 is 2.13. The molecule has 74 valence electrons. The van der Waals surface area contributed by atoms with Crippen LogP contribution in [0.15, 0.2) is 24.3 Å². The molecular weight excluding hydrogens is 293 g/mol. The number of ketones is 1. The predicted octanol–water partition coefficient (Wildman–Crippen LogP) is 2.21. The van der Waals surface area contributed by atoms with Crippen molar-refractivity contribution in [3.8, 4) is 0 Å². The van der Waals surface area contributed by atoms with Gasteiger partial charge in [-0.25, -0.2) is 0 Å². The molecule has 0 saturated carbocycles. The average molecular weight is 303 g/mol. The number of carbonyl (C=O) groups excluding carboxylic acids is 2. The van der Waals surface area contributed by atoms with Crippen LogP contribution in [0.1, 0.15) is 13.3 Å². The first-order valence-electron chi connectivity index (χ1n) is 4.13. The van der Waals surface area contributed by atoms with Crippen molar-refractivity contribution in [1.82, 2.24) is 0 Å². The van der Waals surface area contributed by atoms with E-state index in [1.54, 1.807) is 6.07 Å². The third kappa shape index (κ3) is 3.45. The molecule has 0 aromatic heterocycles. The van der Waals surface area contributed by atoms with Crippen molar-refractivity contribution in [3.05, 3.63) is 27.8 Å². The minimum Gasteiger partial charge on any atom is -0.325 e. The highest BCUT2D eigenvalue weighted by atomic mass is 127. The van der Waals surface area contributed by atoms with Gasteiger partial charge in [0, 0.05) is 3.57 Å². The van der Waals surface area contributed by atoms with E-state index in [1.807, 2.05) is 18.2 Å². The molecule has 0 spiro atoms. The second-order valence-corrected chi connectivity index (χ2v) is 4.07. The molecule has 14 heavy (non-hydrogen) atoms. The Morgan fingerprint density at radius 1 is 1.36 bits per heavy atom. The van der Waals surface area contributed by atoms with Crippen LogP contribution in [-0.2, 0) is 9.59 Å². The standard InChI is InChI=1S/C10H10INO2/c1-7(13)6-10(14)12-9-5-3-2-4-8(9)11/h2-5H,6H2,1H3,(H,12,14). The number of amides is 1. The summed E-state index contributed by atoms with van der Waals surface area (Å²) in [5, 5.41) is 2.67. The Hall–Kier alpha value is -0.910. The molecule has 1 amide bonds. The summed E-state index contributed by atoms with van der Waals surface area (Å²) < 4.78 is 0.960. The van der Waals surface area contributed by atoms with E-state index < -0.39 is 0 Å². The maximum atomic E-state index is 11.2. The summed E-state index contributed by atoms with van der Waals surface area (Å²) in [6.07, 6.45) is -0.0645. The summed E-state index contributed by atoms with van der Waals surface area (Å²) in [6, 6.07) is 7.43. The monoisotopic (exact) mass is 303 g/mol. The molecule has 0 fully saturated rings. The lowest BCUT2D eigenvalue weighted by molar-refractivity contribution is -0.124. The molecule has 0 bridgehead atoms. The maximum Gasteiger partial charge on any atom is 0.231 e. The quantitative estimate of drug-likeness (QED) is 0.687. The van der Waals surface area contributed by atoms with Crippen LogP contribution in [0.5, 0.6) is 0 Å². The minimum atomic E-state index is -0.262. The van der Waals surface area contributed by atoms with Gasteiger partial charge in [-0.15, -0.1) is 0 Å². The number of carbonyl (C=O) groups is 2. The third-order valence-corrected chi connectivity index (χ3v) is 2.50. The van der Waals surface area contributed by atoms with Crippen LogP contribution in [0, 0.1) is 3.57 Å². The zero-order chi connectivity index (χ0) is 10.6. The summed E-state index contributed by atoms with van der Waals surface area (Å²) in [5.74, 6) is -0.393. The van der Waals surface area contributed by atoms with Crippen LogP contribution in [0.2, 0.25) is 0 Å². The number of nitrogens with one attached hydrogen (secondary N) is 1. The number of Topliss-reactive ketones (excluding diaryl/α,β-unsaturated/α-hetero) is 1. The average Bonchev–Trinajstić information content (AvgIpc) is 2.07. The van der Waals surface area contributed by atoms with E-state index in [1.165, 1.54) is 6.92 Å². The molecule has 0 aliphatic heterocycles. The molecule has 4 heteroatoms. The summed E-state index contributed by atoms with van der Waals surface area (Å²) in [5.41, 5.74) is 0.749. The minimum absolute atomic E-state index is 0.0645. The van der Waals surface area contributed by atoms with Gasteiger partial charge in [-0.3, -0.25) is 9.59 Å². The molecule has 0 unspecified atom stereocenters. The van der Waals surface area contributed by atoms with Crippen molar-refractivity contribution in [2.24, 2.45) is 0 Å². The van der Waals surface area contributed by atoms with Crippen LogP contribution < -0.4 is 5.32 Å². The highest BCUT2D eigenvalue weighted by Crippen LogP contribution is 2.16. The summed E-state index contributed by atoms with van der Waals surface area (Å²) in [7, 11) is 0. The number of rotatable bonds is 3. The van der Waals surface area contributed by atoms with Gasteiger partial charge in [-0.2, -0.15) is 0 Å². The first-order chi connectivity index (χ1) is 6.59. The topological polar surface area (TPSA) is 46.2 Å². The molecule has 1 rings (SSSR count). The lowest BCUT2D eigenvalue weighted by Gasteiger charge is -2.05. The fourth-order valence-corrected chi connectivity index (χ4v) is 1.51. The van der Waals surface area contributed by atoms with Gasteiger partial charge in [0.1, 0.15) is 5.78 Å². The van der Waals surface area contributed by atoms with Crippen LogP contribution in [0.4, 0.5) is 5.69 Å². The molecule has 1 aromatic rings. The normalized spacial score (nSPS) is 9.57. The van der Waals surface area contributed by atoms with Crippen molar-refractivity contribution in [2.45, 2.75) is 13.3 Å². The first kappa shape index (κ1) is 11.2. The molecule has 0 radical (unpaired) electrons. The Morgan fingerprint density at radius 3 is 2.57 bits per heavy atom. The van der Waals surface area contributed by atoms with Gasteiger partial charge >= 0.3 is 0 Å². The number of hydrogen-bond donors (Lipinski definition) is 1. The van der Waals surface area contributed by atoms with Gasteiger partial charge in [0.05, 0.1) is 12.1 Å². The van der Waals surface area contributed by atoms with Crippen molar-refractivity contribution >= 4 is 40.0 Å². The third-order valence-electron chi connectivity index (χ3n) is 1.56. The van der Waals surface area contributed by atoms with E-state index in [-0.39, 0.29) is 18.1 Å². The number of hydrogen-bond acceptors (Lipinski definition) is 2. The van der Waals surface area contributed by atoms with Crippen molar-refractivity contribution in [3.63, 3.8) is 0 Å². The first-order valence-corrected chi connectivity index (χ1v) is 5.21. The van der Waals surface area contributed by atoms with E-state index in [2.05, 4.69) is 27.9 Å². The van der Waals surface area contributed by atoms with E-state index in [0.717, 1.165) is 9.26 Å². The maximum absolute atomic E-state index is 11.2. The summed E-state index contributed by atoms with van der Waals surface area (Å²) in [6.45, 7) is 1.40. The van der Waals surface area contributed by atoms with Crippen molar-refractivity contribution < 1.29 is 9.59 Å². The Labute approximate surface area is 96.0 Å². The second kappa shape index (κ2) is 5.09. The lowest BCUT2D eigenvalue weighted by Crippen LogP contribution is -2.15. The predicted molar refractivity (Wildman–Crippen MR) is 63.1 cm³/mol. The van der Waals surface area contributed by atoms with E-state index in [9.17, 15) is 9.59 Å².